The maximum atomic E-state index is 12.1. The number of rotatable bonds is 4. The van der Waals surface area contributed by atoms with E-state index in [0.29, 0.717) is 17.8 Å². The Labute approximate surface area is 119 Å². The molecule has 2 rings (SSSR count). The molecule has 3 N–H and O–H groups in total. The van der Waals surface area contributed by atoms with Gasteiger partial charge in [0.15, 0.2) is 0 Å². The summed E-state index contributed by atoms with van der Waals surface area (Å²) in [6, 6.07) is 7.04. The minimum absolute atomic E-state index is 0.0412. The third-order valence-electron chi connectivity index (χ3n) is 3.44. The summed E-state index contributed by atoms with van der Waals surface area (Å²) < 4.78 is 0. The molecule has 1 heterocycles. The van der Waals surface area contributed by atoms with E-state index in [-0.39, 0.29) is 17.7 Å². The smallest absolute Gasteiger partial charge is 0.251 e. The van der Waals surface area contributed by atoms with Crippen LogP contribution in [-0.4, -0.2) is 31.4 Å². The molecule has 0 unspecified atom stereocenters. The molecule has 0 bridgehead atoms. The molecule has 0 aliphatic carbocycles. The summed E-state index contributed by atoms with van der Waals surface area (Å²) in [5, 5.41) is 8.89. The Morgan fingerprint density at radius 3 is 2.75 bits per heavy atom. The highest BCUT2D eigenvalue weighted by Gasteiger charge is 2.20. The molecular formula is C15H21N3O2. The second-order valence-corrected chi connectivity index (χ2v) is 4.95. The first-order chi connectivity index (χ1) is 9.70. The largest absolute Gasteiger partial charge is 0.352 e. The SMILES string of the molecule is CCNC(=O)c1cccc(NC(=O)C2CCNCC2)c1. The summed E-state index contributed by atoms with van der Waals surface area (Å²) in [6.45, 7) is 4.24. The number of amides is 2. The lowest BCUT2D eigenvalue weighted by molar-refractivity contribution is -0.120. The van der Waals surface area contributed by atoms with E-state index in [2.05, 4.69) is 16.0 Å². The van der Waals surface area contributed by atoms with Crippen LogP contribution in [0.5, 0.6) is 0 Å². The van der Waals surface area contributed by atoms with Gasteiger partial charge in [0.25, 0.3) is 5.91 Å². The lowest BCUT2D eigenvalue weighted by Gasteiger charge is -2.21. The first-order valence-electron chi connectivity index (χ1n) is 7.10. The summed E-state index contributed by atoms with van der Waals surface area (Å²) in [5.41, 5.74) is 1.24. The number of piperidine rings is 1. The Morgan fingerprint density at radius 1 is 1.30 bits per heavy atom. The van der Waals surface area contributed by atoms with Crippen molar-refractivity contribution in [3.05, 3.63) is 29.8 Å². The van der Waals surface area contributed by atoms with Crippen LogP contribution in [0, 0.1) is 5.92 Å². The van der Waals surface area contributed by atoms with Crippen molar-refractivity contribution >= 4 is 17.5 Å². The molecule has 5 heteroatoms. The number of carbonyl (C=O) groups is 2. The van der Waals surface area contributed by atoms with E-state index in [0.717, 1.165) is 25.9 Å². The van der Waals surface area contributed by atoms with Gasteiger partial charge in [-0.2, -0.15) is 0 Å². The molecule has 0 radical (unpaired) electrons. The van der Waals surface area contributed by atoms with Gasteiger partial charge in [0.1, 0.15) is 0 Å². The van der Waals surface area contributed by atoms with Crippen LogP contribution in [0.15, 0.2) is 24.3 Å². The Bertz CT molecular complexity index is 482. The zero-order valence-corrected chi connectivity index (χ0v) is 11.7. The topological polar surface area (TPSA) is 70.2 Å². The molecule has 108 valence electrons. The van der Waals surface area contributed by atoms with Crippen molar-refractivity contribution in [2.24, 2.45) is 5.92 Å². The zero-order valence-electron chi connectivity index (χ0n) is 11.7. The van der Waals surface area contributed by atoms with Gasteiger partial charge in [0.05, 0.1) is 0 Å². The lowest BCUT2D eigenvalue weighted by atomic mass is 9.97. The van der Waals surface area contributed by atoms with Crippen LogP contribution in [0.2, 0.25) is 0 Å². The van der Waals surface area contributed by atoms with Crippen molar-refractivity contribution in [1.29, 1.82) is 0 Å². The molecule has 1 aromatic rings. The van der Waals surface area contributed by atoms with Crippen molar-refractivity contribution < 1.29 is 9.59 Å². The maximum absolute atomic E-state index is 12.1. The predicted molar refractivity (Wildman–Crippen MR) is 78.7 cm³/mol. The molecular weight excluding hydrogens is 254 g/mol. The van der Waals surface area contributed by atoms with Crippen molar-refractivity contribution in [3.8, 4) is 0 Å². The Morgan fingerprint density at radius 2 is 2.05 bits per heavy atom. The van der Waals surface area contributed by atoms with E-state index in [1.807, 2.05) is 13.0 Å². The van der Waals surface area contributed by atoms with Crippen LogP contribution in [0.25, 0.3) is 0 Å². The van der Waals surface area contributed by atoms with Crippen LogP contribution >= 0.6 is 0 Å². The third-order valence-corrected chi connectivity index (χ3v) is 3.44. The standard InChI is InChI=1S/C15H21N3O2/c1-2-17-14(19)12-4-3-5-13(10-12)18-15(20)11-6-8-16-9-7-11/h3-5,10-11,16H,2,6-9H2,1H3,(H,17,19)(H,18,20). The number of nitrogens with one attached hydrogen (secondary N) is 3. The molecule has 1 saturated heterocycles. The first kappa shape index (κ1) is 14.5. The molecule has 0 aromatic heterocycles. The highest BCUT2D eigenvalue weighted by Crippen LogP contribution is 2.16. The second kappa shape index (κ2) is 7.05. The van der Waals surface area contributed by atoms with E-state index >= 15 is 0 Å². The van der Waals surface area contributed by atoms with Crippen LogP contribution in [0.3, 0.4) is 0 Å². The average Bonchev–Trinajstić information content (AvgIpc) is 2.48. The summed E-state index contributed by atoms with van der Waals surface area (Å²) >= 11 is 0. The van der Waals surface area contributed by atoms with Gasteiger partial charge in [-0.05, 0) is 51.1 Å². The van der Waals surface area contributed by atoms with Crippen molar-refractivity contribution in [2.75, 3.05) is 25.0 Å². The van der Waals surface area contributed by atoms with Crippen LogP contribution in [0.4, 0.5) is 5.69 Å². The van der Waals surface area contributed by atoms with Gasteiger partial charge in [0.2, 0.25) is 5.91 Å². The molecule has 2 amide bonds. The Hall–Kier alpha value is -1.88. The Balaban J connectivity index is 2.00. The number of hydrogen-bond acceptors (Lipinski definition) is 3. The van der Waals surface area contributed by atoms with Crippen molar-refractivity contribution in [2.45, 2.75) is 19.8 Å². The van der Waals surface area contributed by atoms with Crippen LogP contribution < -0.4 is 16.0 Å². The highest BCUT2D eigenvalue weighted by molar-refractivity contribution is 5.97. The quantitative estimate of drug-likeness (QED) is 0.777. The molecule has 1 aromatic carbocycles. The van der Waals surface area contributed by atoms with Gasteiger partial charge in [0, 0.05) is 23.7 Å². The zero-order chi connectivity index (χ0) is 14.4. The van der Waals surface area contributed by atoms with Crippen LogP contribution in [0.1, 0.15) is 30.1 Å². The Kier molecular flexibility index (Phi) is 5.12. The summed E-state index contributed by atoms with van der Waals surface area (Å²) in [5.74, 6) is -0.0191. The van der Waals surface area contributed by atoms with Gasteiger partial charge in [-0.15, -0.1) is 0 Å². The monoisotopic (exact) mass is 275 g/mol. The van der Waals surface area contributed by atoms with Gasteiger partial charge < -0.3 is 16.0 Å². The predicted octanol–water partition coefficient (Wildman–Crippen LogP) is 1.37. The molecule has 0 saturated carbocycles. The molecule has 20 heavy (non-hydrogen) atoms. The van der Waals surface area contributed by atoms with Crippen molar-refractivity contribution in [1.82, 2.24) is 10.6 Å². The minimum atomic E-state index is -0.120. The molecule has 1 aliphatic heterocycles. The summed E-state index contributed by atoms with van der Waals surface area (Å²) in [4.78, 5) is 23.9. The molecule has 0 atom stereocenters. The molecule has 5 nitrogen and oxygen atoms in total. The number of benzene rings is 1. The lowest BCUT2D eigenvalue weighted by Crippen LogP contribution is -2.34. The fourth-order valence-electron chi connectivity index (χ4n) is 2.33. The average molecular weight is 275 g/mol. The normalized spacial score (nSPS) is 15.7. The van der Waals surface area contributed by atoms with Gasteiger partial charge in [-0.3, -0.25) is 9.59 Å². The van der Waals surface area contributed by atoms with Crippen LogP contribution in [-0.2, 0) is 4.79 Å². The molecule has 0 spiro atoms. The van der Waals surface area contributed by atoms with Gasteiger partial charge >= 0.3 is 0 Å². The number of carbonyl (C=O) groups excluding carboxylic acids is 2. The van der Waals surface area contributed by atoms with E-state index in [9.17, 15) is 9.59 Å². The first-order valence-corrected chi connectivity index (χ1v) is 7.10. The van der Waals surface area contributed by atoms with Crippen molar-refractivity contribution in [3.63, 3.8) is 0 Å². The second-order valence-electron chi connectivity index (χ2n) is 4.95. The summed E-state index contributed by atoms with van der Waals surface area (Å²) in [7, 11) is 0. The maximum Gasteiger partial charge on any atom is 0.251 e. The van der Waals surface area contributed by atoms with E-state index < -0.39 is 0 Å². The minimum Gasteiger partial charge on any atom is -0.352 e. The van der Waals surface area contributed by atoms with Gasteiger partial charge in [-0.25, -0.2) is 0 Å². The fourth-order valence-corrected chi connectivity index (χ4v) is 2.33. The fraction of sp³-hybridized carbons (Fsp3) is 0.467. The third kappa shape index (κ3) is 3.81. The highest BCUT2D eigenvalue weighted by atomic mass is 16.2. The molecule has 1 aliphatic rings. The number of anilines is 1. The van der Waals surface area contributed by atoms with E-state index in [1.54, 1.807) is 18.2 Å². The van der Waals surface area contributed by atoms with Gasteiger partial charge in [-0.1, -0.05) is 6.07 Å². The van der Waals surface area contributed by atoms with E-state index in [1.165, 1.54) is 0 Å². The summed E-state index contributed by atoms with van der Waals surface area (Å²) in [6.07, 6.45) is 1.73. The molecule has 1 fully saturated rings. The van der Waals surface area contributed by atoms with E-state index in [4.69, 9.17) is 0 Å². The number of hydrogen-bond donors (Lipinski definition) is 3.